The number of halogens is 3. The smallest absolute Gasteiger partial charge is 0.254 e. The van der Waals surface area contributed by atoms with Crippen molar-refractivity contribution in [2.24, 2.45) is 0 Å². The Morgan fingerprint density at radius 3 is 2.78 bits per heavy atom. The molecule has 1 N–H and O–H groups in total. The van der Waals surface area contributed by atoms with Crippen molar-refractivity contribution in [3.05, 3.63) is 65.3 Å². The van der Waals surface area contributed by atoms with E-state index in [9.17, 15) is 18.0 Å². The summed E-state index contributed by atoms with van der Waals surface area (Å²) in [7, 11) is 0. The molecule has 7 heteroatoms. The summed E-state index contributed by atoms with van der Waals surface area (Å²) in [5.41, 5.74) is 1.71. The maximum atomic E-state index is 13.5. The Labute approximate surface area is 128 Å². The second-order valence-electron chi connectivity index (χ2n) is 4.88. The van der Waals surface area contributed by atoms with Gasteiger partial charge in [0.2, 0.25) is 0 Å². The number of rotatable bonds is 4. The molecule has 0 aliphatic rings. The number of oxazole rings is 1. The van der Waals surface area contributed by atoms with Crippen molar-refractivity contribution in [1.82, 2.24) is 10.3 Å². The van der Waals surface area contributed by atoms with Crippen molar-refractivity contribution in [2.45, 2.75) is 6.42 Å². The summed E-state index contributed by atoms with van der Waals surface area (Å²) in [6.07, 6.45) is 1.80. The van der Waals surface area contributed by atoms with Gasteiger partial charge in [-0.15, -0.1) is 0 Å². The predicted molar refractivity (Wildman–Crippen MR) is 76.4 cm³/mol. The number of benzene rings is 2. The maximum absolute atomic E-state index is 13.5. The van der Waals surface area contributed by atoms with Crippen molar-refractivity contribution in [1.29, 1.82) is 0 Å². The van der Waals surface area contributed by atoms with E-state index >= 15 is 0 Å². The summed E-state index contributed by atoms with van der Waals surface area (Å²) < 4.78 is 44.6. The van der Waals surface area contributed by atoms with Gasteiger partial charge in [0, 0.05) is 6.54 Å². The molecule has 3 rings (SSSR count). The molecule has 0 radical (unpaired) electrons. The van der Waals surface area contributed by atoms with Crippen LogP contribution < -0.4 is 5.32 Å². The highest BCUT2D eigenvalue weighted by Gasteiger charge is 2.18. The first-order valence-electron chi connectivity index (χ1n) is 6.80. The Morgan fingerprint density at radius 1 is 1.13 bits per heavy atom. The molecule has 1 amide bonds. The van der Waals surface area contributed by atoms with Crippen LogP contribution in [0.2, 0.25) is 0 Å². The molecule has 4 nitrogen and oxygen atoms in total. The summed E-state index contributed by atoms with van der Waals surface area (Å²) in [5.74, 6) is -5.29. The minimum atomic E-state index is -1.66. The fourth-order valence-electron chi connectivity index (χ4n) is 2.17. The van der Waals surface area contributed by atoms with Crippen molar-refractivity contribution in [3.63, 3.8) is 0 Å². The molecule has 0 aliphatic heterocycles. The maximum Gasteiger partial charge on any atom is 0.254 e. The average molecular weight is 320 g/mol. The number of amides is 1. The SMILES string of the molecule is O=C(NCCc1ccc2ncoc2c1)c1ccc(F)c(F)c1F. The fourth-order valence-corrected chi connectivity index (χ4v) is 2.17. The highest BCUT2D eigenvalue weighted by molar-refractivity contribution is 5.94. The summed E-state index contributed by atoms with van der Waals surface area (Å²) in [6, 6.07) is 7.02. The zero-order valence-electron chi connectivity index (χ0n) is 11.8. The van der Waals surface area contributed by atoms with Gasteiger partial charge in [0.1, 0.15) is 5.52 Å². The van der Waals surface area contributed by atoms with Crippen LogP contribution in [0, 0.1) is 17.5 Å². The Bertz CT molecular complexity index is 877. The summed E-state index contributed by atoms with van der Waals surface area (Å²) in [5, 5.41) is 2.46. The largest absolute Gasteiger partial charge is 0.443 e. The van der Waals surface area contributed by atoms with E-state index in [4.69, 9.17) is 4.42 Å². The van der Waals surface area contributed by atoms with Crippen LogP contribution >= 0.6 is 0 Å². The molecule has 0 aliphatic carbocycles. The highest BCUT2D eigenvalue weighted by atomic mass is 19.2. The molecule has 0 spiro atoms. The molecule has 23 heavy (non-hydrogen) atoms. The first-order valence-corrected chi connectivity index (χ1v) is 6.80. The number of fused-ring (bicyclic) bond motifs is 1. The lowest BCUT2D eigenvalue weighted by Crippen LogP contribution is -2.27. The van der Waals surface area contributed by atoms with Gasteiger partial charge in [0.25, 0.3) is 5.91 Å². The molecule has 0 saturated carbocycles. The first kappa shape index (κ1) is 15.1. The van der Waals surface area contributed by atoms with Crippen LogP contribution in [0.3, 0.4) is 0 Å². The highest BCUT2D eigenvalue weighted by Crippen LogP contribution is 2.16. The Morgan fingerprint density at radius 2 is 1.96 bits per heavy atom. The number of nitrogens with zero attached hydrogens (tertiary/aromatic N) is 1. The van der Waals surface area contributed by atoms with Crippen LogP contribution in [0.1, 0.15) is 15.9 Å². The normalized spacial score (nSPS) is 10.9. The molecule has 118 valence electrons. The van der Waals surface area contributed by atoms with Gasteiger partial charge in [-0.25, -0.2) is 18.2 Å². The van der Waals surface area contributed by atoms with Crippen LogP contribution in [0.5, 0.6) is 0 Å². The lowest BCUT2D eigenvalue weighted by Gasteiger charge is -2.07. The van der Waals surface area contributed by atoms with Crippen LogP contribution in [0.25, 0.3) is 11.1 Å². The van der Waals surface area contributed by atoms with Crippen molar-refractivity contribution in [2.75, 3.05) is 6.54 Å². The number of carbonyl (C=O) groups excluding carboxylic acids is 1. The number of hydrogen-bond acceptors (Lipinski definition) is 3. The van der Waals surface area contributed by atoms with E-state index in [0.717, 1.165) is 17.1 Å². The summed E-state index contributed by atoms with van der Waals surface area (Å²) in [4.78, 5) is 15.8. The molecule has 0 atom stereocenters. The second-order valence-corrected chi connectivity index (χ2v) is 4.88. The number of nitrogens with one attached hydrogen (secondary N) is 1. The van der Waals surface area contributed by atoms with Gasteiger partial charge in [-0.05, 0) is 36.2 Å². The minimum absolute atomic E-state index is 0.205. The van der Waals surface area contributed by atoms with Gasteiger partial charge in [-0.2, -0.15) is 0 Å². The standard InChI is InChI=1S/C16H11F3N2O2/c17-11-3-2-10(14(18)15(11)19)16(22)20-6-5-9-1-4-12-13(7-9)23-8-21-12/h1-4,7-8H,5-6H2,(H,20,22). The molecule has 0 unspecified atom stereocenters. The van der Waals surface area contributed by atoms with E-state index in [2.05, 4.69) is 10.3 Å². The van der Waals surface area contributed by atoms with E-state index in [1.165, 1.54) is 6.39 Å². The molecule has 0 saturated heterocycles. The lowest BCUT2D eigenvalue weighted by atomic mass is 10.1. The molecular formula is C16H11F3N2O2. The molecule has 1 aromatic heterocycles. The quantitative estimate of drug-likeness (QED) is 0.751. The number of aromatic nitrogens is 1. The van der Waals surface area contributed by atoms with Gasteiger partial charge in [0.15, 0.2) is 29.4 Å². The van der Waals surface area contributed by atoms with Crippen LogP contribution in [0.4, 0.5) is 13.2 Å². The number of carbonyl (C=O) groups is 1. The topological polar surface area (TPSA) is 55.1 Å². The third-order valence-corrected chi connectivity index (χ3v) is 3.37. The number of hydrogen-bond donors (Lipinski definition) is 1. The van der Waals surface area contributed by atoms with Gasteiger partial charge in [-0.1, -0.05) is 6.07 Å². The Kier molecular flexibility index (Phi) is 4.01. The summed E-state index contributed by atoms with van der Waals surface area (Å²) >= 11 is 0. The molecular weight excluding hydrogens is 309 g/mol. The second kappa shape index (κ2) is 6.12. The molecule has 3 aromatic rings. The van der Waals surface area contributed by atoms with Gasteiger partial charge < -0.3 is 9.73 Å². The van der Waals surface area contributed by atoms with Crippen molar-refractivity contribution in [3.8, 4) is 0 Å². The monoisotopic (exact) mass is 320 g/mol. The van der Waals surface area contributed by atoms with Crippen molar-refractivity contribution < 1.29 is 22.4 Å². The lowest BCUT2D eigenvalue weighted by molar-refractivity contribution is 0.0949. The van der Waals surface area contributed by atoms with Crippen LogP contribution in [-0.2, 0) is 6.42 Å². The first-order chi connectivity index (χ1) is 11.1. The van der Waals surface area contributed by atoms with E-state index in [1.54, 1.807) is 12.1 Å². The minimum Gasteiger partial charge on any atom is -0.443 e. The van der Waals surface area contributed by atoms with E-state index in [0.29, 0.717) is 18.1 Å². The van der Waals surface area contributed by atoms with Gasteiger partial charge in [0.05, 0.1) is 5.56 Å². The molecule has 0 bridgehead atoms. The van der Waals surface area contributed by atoms with Crippen LogP contribution in [-0.4, -0.2) is 17.4 Å². The Balaban J connectivity index is 1.64. The zero-order valence-corrected chi connectivity index (χ0v) is 11.8. The summed E-state index contributed by atoms with van der Waals surface area (Å²) in [6.45, 7) is 0.205. The van der Waals surface area contributed by atoms with E-state index in [-0.39, 0.29) is 6.54 Å². The average Bonchev–Trinajstić information content (AvgIpc) is 3.00. The van der Waals surface area contributed by atoms with E-state index < -0.39 is 28.9 Å². The predicted octanol–water partition coefficient (Wildman–Crippen LogP) is 3.22. The third-order valence-electron chi connectivity index (χ3n) is 3.37. The zero-order chi connectivity index (χ0) is 16.4. The van der Waals surface area contributed by atoms with E-state index in [1.807, 2.05) is 6.07 Å². The van der Waals surface area contributed by atoms with Crippen molar-refractivity contribution >= 4 is 17.0 Å². The Hall–Kier alpha value is -2.83. The molecule has 0 fully saturated rings. The molecule has 1 heterocycles. The fraction of sp³-hybridized carbons (Fsp3) is 0.125. The third kappa shape index (κ3) is 3.03. The molecule has 2 aromatic carbocycles. The van der Waals surface area contributed by atoms with Gasteiger partial charge in [-0.3, -0.25) is 4.79 Å². The van der Waals surface area contributed by atoms with Gasteiger partial charge >= 0.3 is 0 Å². The van der Waals surface area contributed by atoms with Crippen LogP contribution in [0.15, 0.2) is 41.1 Å².